The van der Waals surface area contributed by atoms with Crippen LogP contribution in [0.1, 0.15) is 32.9 Å². The first kappa shape index (κ1) is 17.3. The van der Waals surface area contributed by atoms with Crippen molar-refractivity contribution >= 4 is 33.3 Å². The number of ketones is 1. The Hall–Kier alpha value is -2.49. The summed E-state index contributed by atoms with van der Waals surface area (Å²) in [5.74, 6) is -0.138. The van der Waals surface area contributed by atoms with Gasteiger partial charge in [-0.05, 0) is 60.1 Å². The molecule has 0 saturated heterocycles. The molecular formula is C18H12BrClN4O. The quantitative estimate of drug-likeness (QED) is 0.469. The van der Waals surface area contributed by atoms with Crippen LogP contribution >= 0.6 is 27.5 Å². The number of halogens is 2. The van der Waals surface area contributed by atoms with Gasteiger partial charge in [-0.3, -0.25) is 4.79 Å². The van der Waals surface area contributed by atoms with Crippen LogP contribution in [0.2, 0.25) is 5.02 Å². The van der Waals surface area contributed by atoms with Crippen LogP contribution in [-0.2, 0) is 0 Å². The molecule has 1 aromatic carbocycles. The van der Waals surface area contributed by atoms with Crippen molar-refractivity contribution in [3.8, 4) is 11.8 Å². The second-order valence-electron chi connectivity index (χ2n) is 5.43. The maximum absolute atomic E-state index is 12.8. The van der Waals surface area contributed by atoms with Crippen molar-refractivity contribution in [1.82, 2.24) is 14.8 Å². The van der Waals surface area contributed by atoms with Crippen molar-refractivity contribution in [1.29, 1.82) is 5.26 Å². The van der Waals surface area contributed by atoms with Crippen molar-refractivity contribution in [2.24, 2.45) is 0 Å². The molecule has 2 aromatic heterocycles. The second kappa shape index (κ2) is 6.79. The highest BCUT2D eigenvalue weighted by Crippen LogP contribution is 2.24. The first-order chi connectivity index (χ1) is 11.9. The van der Waals surface area contributed by atoms with E-state index in [4.69, 9.17) is 16.9 Å². The first-order valence-corrected chi connectivity index (χ1v) is 8.52. The number of carbonyl (C=O) groups is 1. The largest absolute Gasteiger partial charge is 0.288 e. The van der Waals surface area contributed by atoms with E-state index in [1.54, 1.807) is 41.9 Å². The summed E-state index contributed by atoms with van der Waals surface area (Å²) in [5, 5.41) is 13.8. The molecule has 0 bridgehead atoms. The molecule has 0 amide bonds. The number of aryl methyl sites for hydroxylation is 1. The van der Waals surface area contributed by atoms with Gasteiger partial charge in [-0.1, -0.05) is 11.6 Å². The van der Waals surface area contributed by atoms with Gasteiger partial charge in [0.25, 0.3) is 0 Å². The lowest BCUT2D eigenvalue weighted by Crippen LogP contribution is -2.06. The monoisotopic (exact) mass is 414 g/mol. The summed E-state index contributed by atoms with van der Waals surface area (Å²) in [4.78, 5) is 16.9. The topological polar surface area (TPSA) is 71.6 Å². The highest BCUT2D eigenvalue weighted by Gasteiger charge is 2.21. The third-order valence-corrected chi connectivity index (χ3v) is 4.61. The predicted molar refractivity (Wildman–Crippen MR) is 98.1 cm³/mol. The molecule has 0 radical (unpaired) electrons. The van der Waals surface area contributed by atoms with Gasteiger partial charge in [-0.2, -0.15) is 10.4 Å². The molecule has 0 saturated carbocycles. The number of hydrogen-bond acceptors (Lipinski definition) is 4. The lowest BCUT2D eigenvalue weighted by atomic mass is 10.0. The maximum atomic E-state index is 12.8. The van der Waals surface area contributed by atoms with Gasteiger partial charge in [0.05, 0.1) is 33.2 Å². The van der Waals surface area contributed by atoms with E-state index in [1.165, 1.54) is 6.20 Å². The standard InChI is InChI=1S/C18H12BrClN4O/c1-10-17(18(25)13-4-6-16(19)22-9-13)11(2)24(23-10)14-5-3-12(8-21)15(20)7-14/h3-7,9H,1-2H3. The highest BCUT2D eigenvalue weighted by molar-refractivity contribution is 9.10. The minimum absolute atomic E-state index is 0.138. The van der Waals surface area contributed by atoms with E-state index in [1.807, 2.05) is 13.0 Å². The number of benzene rings is 1. The Morgan fingerprint density at radius 2 is 2.04 bits per heavy atom. The van der Waals surface area contributed by atoms with Gasteiger partial charge >= 0.3 is 0 Å². The van der Waals surface area contributed by atoms with Crippen LogP contribution in [0.15, 0.2) is 41.1 Å². The number of pyridine rings is 1. The van der Waals surface area contributed by atoms with E-state index in [2.05, 4.69) is 26.0 Å². The van der Waals surface area contributed by atoms with Crippen molar-refractivity contribution in [2.45, 2.75) is 13.8 Å². The molecule has 5 nitrogen and oxygen atoms in total. The van der Waals surface area contributed by atoms with Crippen LogP contribution in [0.3, 0.4) is 0 Å². The zero-order valence-electron chi connectivity index (χ0n) is 13.4. The molecule has 3 rings (SSSR count). The molecule has 0 aliphatic rings. The van der Waals surface area contributed by atoms with Crippen LogP contribution in [0.5, 0.6) is 0 Å². The fraction of sp³-hybridized carbons (Fsp3) is 0.111. The lowest BCUT2D eigenvalue weighted by molar-refractivity contribution is 0.103. The Labute approximate surface area is 158 Å². The zero-order chi connectivity index (χ0) is 18.1. The summed E-state index contributed by atoms with van der Waals surface area (Å²) in [6.07, 6.45) is 1.53. The number of hydrogen-bond donors (Lipinski definition) is 0. The predicted octanol–water partition coefficient (Wildman–Crippen LogP) is 4.40. The average Bonchev–Trinajstić information content (AvgIpc) is 2.89. The number of rotatable bonds is 3. The van der Waals surface area contributed by atoms with Crippen LogP contribution in [-0.4, -0.2) is 20.5 Å². The Balaban J connectivity index is 2.07. The Bertz CT molecular complexity index is 1020. The molecule has 0 N–H and O–H groups in total. The third-order valence-electron chi connectivity index (χ3n) is 3.83. The highest BCUT2D eigenvalue weighted by atomic mass is 79.9. The van der Waals surface area contributed by atoms with Crippen molar-refractivity contribution in [3.63, 3.8) is 0 Å². The maximum Gasteiger partial charge on any atom is 0.198 e. The molecule has 7 heteroatoms. The molecule has 25 heavy (non-hydrogen) atoms. The van der Waals surface area contributed by atoms with Gasteiger partial charge in [-0.25, -0.2) is 9.67 Å². The lowest BCUT2D eigenvalue weighted by Gasteiger charge is -2.06. The molecule has 0 fully saturated rings. The summed E-state index contributed by atoms with van der Waals surface area (Å²) >= 11 is 9.37. The van der Waals surface area contributed by atoms with Crippen molar-refractivity contribution in [3.05, 3.63) is 74.2 Å². The SMILES string of the molecule is Cc1nn(-c2ccc(C#N)c(Cl)c2)c(C)c1C(=O)c1ccc(Br)nc1. The Kier molecular flexibility index (Phi) is 4.71. The van der Waals surface area contributed by atoms with Crippen molar-refractivity contribution in [2.75, 3.05) is 0 Å². The summed E-state index contributed by atoms with van der Waals surface area (Å²) < 4.78 is 2.32. The smallest absolute Gasteiger partial charge is 0.198 e. The van der Waals surface area contributed by atoms with Gasteiger partial charge in [0, 0.05) is 11.8 Å². The molecule has 0 aliphatic carbocycles. The number of aromatic nitrogens is 3. The van der Waals surface area contributed by atoms with Gasteiger partial charge in [0.1, 0.15) is 10.7 Å². The number of carbonyl (C=O) groups excluding carboxylic acids is 1. The molecule has 2 heterocycles. The number of nitriles is 1. The van der Waals surface area contributed by atoms with E-state index in [0.717, 1.165) is 0 Å². The van der Waals surface area contributed by atoms with Crippen molar-refractivity contribution < 1.29 is 4.79 Å². The Morgan fingerprint density at radius 1 is 1.28 bits per heavy atom. The first-order valence-electron chi connectivity index (χ1n) is 7.35. The fourth-order valence-corrected chi connectivity index (χ4v) is 3.06. The van der Waals surface area contributed by atoms with Crippen LogP contribution in [0.25, 0.3) is 5.69 Å². The fourth-order valence-electron chi connectivity index (χ4n) is 2.60. The number of nitrogens with zero attached hydrogens (tertiary/aromatic N) is 4. The van der Waals surface area contributed by atoms with E-state index in [9.17, 15) is 4.79 Å². The summed E-state index contributed by atoms with van der Waals surface area (Å²) in [6.45, 7) is 3.61. The minimum atomic E-state index is -0.138. The summed E-state index contributed by atoms with van der Waals surface area (Å²) in [6, 6.07) is 10.5. The van der Waals surface area contributed by atoms with E-state index < -0.39 is 0 Å². The van der Waals surface area contributed by atoms with Crippen LogP contribution < -0.4 is 0 Å². The summed E-state index contributed by atoms with van der Waals surface area (Å²) in [5.41, 5.74) is 3.43. The van der Waals surface area contributed by atoms with Crippen LogP contribution in [0.4, 0.5) is 0 Å². The molecule has 3 aromatic rings. The Morgan fingerprint density at radius 3 is 2.64 bits per heavy atom. The average molecular weight is 416 g/mol. The molecule has 0 atom stereocenters. The molecule has 0 unspecified atom stereocenters. The minimum Gasteiger partial charge on any atom is -0.288 e. The van der Waals surface area contributed by atoms with Gasteiger partial charge in [-0.15, -0.1) is 0 Å². The van der Waals surface area contributed by atoms with E-state index in [-0.39, 0.29) is 5.78 Å². The van der Waals surface area contributed by atoms with Gasteiger partial charge in [0.2, 0.25) is 0 Å². The zero-order valence-corrected chi connectivity index (χ0v) is 15.8. The van der Waals surface area contributed by atoms with Gasteiger partial charge < -0.3 is 0 Å². The van der Waals surface area contributed by atoms with E-state index >= 15 is 0 Å². The normalized spacial score (nSPS) is 10.5. The van der Waals surface area contributed by atoms with E-state index in [0.29, 0.717) is 43.4 Å². The molecule has 124 valence electrons. The molecule has 0 aliphatic heterocycles. The summed E-state index contributed by atoms with van der Waals surface area (Å²) in [7, 11) is 0. The molecular weight excluding hydrogens is 404 g/mol. The van der Waals surface area contributed by atoms with Crippen LogP contribution in [0, 0.1) is 25.2 Å². The third kappa shape index (κ3) is 3.21. The van der Waals surface area contributed by atoms with Gasteiger partial charge in [0.15, 0.2) is 5.78 Å². The molecule has 0 spiro atoms. The second-order valence-corrected chi connectivity index (χ2v) is 6.65.